The van der Waals surface area contributed by atoms with Crippen LogP contribution in [0.25, 0.3) is 0 Å². The SMILES string of the molecule is CC(C)Oc1ncccc1CNCc1cccn1C. The molecule has 0 aliphatic rings. The highest BCUT2D eigenvalue weighted by Gasteiger charge is 2.06. The molecule has 0 saturated heterocycles. The zero-order valence-electron chi connectivity index (χ0n) is 11.8. The zero-order chi connectivity index (χ0) is 13.7. The Morgan fingerprint density at radius 1 is 1.26 bits per heavy atom. The van der Waals surface area contributed by atoms with Gasteiger partial charge in [-0.15, -0.1) is 0 Å². The normalized spacial score (nSPS) is 10.9. The first-order chi connectivity index (χ1) is 9.16. The van der Waals surface area contributed by atoms with Crippen molar-refractivity contribution in [3.8, 4) is 5.88 Å². The molecule has 0 bridgehead atoms. The minimum Gasteiger partial charge on any atom is -0.475 e. The molecule has 0 saturated carbocycles. The Kier molecular flexibility index (Phi) is 4.58. The molecule has 0 atom stereocenters. The second-order valence-electron chi connectivity index (χ2n) is 4.85. The summed E-state index contributed by atoms with van der Waals surface area (Å²) < 4.78 is 7.81. The Hall–Kier alpha value is -1.81. The van der Waals surface area contributed by atoms with Gasteiger partial charge in [-0.3, -0.25) is 0 Å². The van der Waals surface area contributed by atoms with E-state index in [4.69, 9.17) is 4.74 Å². The predicted octanol–water partition coefficient (Wildman–Crippen LogP) is 2.50. The van der Waals surface area contributed by atoms with Crippen molar-refractivity contribution in [1.82, 2.24) is 14.9 Å². The highest BCUT2D eigenvalue weighted by atomic mass is 16.5. The summed E-state index contributed by atoms with van der Waals surface area (Å²) in [6, 6.07) is 8.14. The number of aryl methyl sites for hydroxylation is 1. The van der Waals surface area contributed by atoms with Crippen molar-refractivity contribution in [2.24, 2.45) is 7.05 Å². The van der Waals surface area contributed by atoms with Crippen molar-refractivity contribution < 1.29 is 4.74 Å². The molecule has 2 aromatic rings. The van der Waals surface area contributed by atoms with Crippen LogP contribution in [-0.4, -0.2) is 15.7 Å². The van der Waals surface area contributed by atoms with Crippen LogP contribution in [0.5, 0.6) is 5.88 Å². The first kappa shape index (κ1) is 13.6. The summed E-state index contributed by atoms with van der Waals surface area (Å²) in [5.74, 6) is 0.719. The lowest BCUT2D eigenvalue weighted by atomic mass is 10.2. The van der Waals surface area contributed by atoms with Gasteiger partial charge in [0.15, 0.2) is 0 Å². The van der Waals surface area contributed by atoms with E-state index in [0.29, 0.717) is 0 Å². The summed E-state index contributed by atoms with van der Waals surface area (Å²) in [7, 11) is 2.05. The molecular weight excluding hydrogens is 238 g/mol. The Morgan fingerprint density at radius 3 is 2.79 bits per heavy atom. The van der Waals surface area contributed by atoms with Crippen molar-refractivity contribution >= 4 is 0 Å². The van der Waals surface area contributed by atoms with E-state index in [0.717, 1.165) is 24.5 Å². The van der Waals surface area contributed by atoms with E-state index in [1.54, 1.807) is 6.20 Å². The Morgan fingerprint density at radius 2 is 2.11 bits per heavy atom. The molecule has 1 N–H and O–H groups in total. The highest BCUT2D eigenvalue weighted by Crippen LogP contribution is 2.15. The van der Waals surface area contributed by atoms with Crippen LogP contribution in [0.3, 0.4) is 0 Å². The lowest BCUT2D eigenvalue weighted by molar-refractivity contribution is 0.229. The number of aromatic nitrogens is 2. The smallest absolute Gasteiger partial charge is 0.218 e. The third kappa shape index (κ3) is 3.83. The maximum absolute atomic E-state index is 5.70. The van der Waals surface area contributed by atoms with Crippen LogP contribution in [0.4, 0.5) is 0 Å². The standard InChI is InChI=1S/C15H21N3O/c1-12(2)19-15-13(6-4-8-17-15)10-16-11-14-7-5-9-18(14)3/h4-9,12,16H,10-11H2,1-3H3. The third-order valence-electron chi connectivity index (χ3n) is 2.87. The van der Waals surface area contributed by atoms with E-state index in [9.17, 15) is 0 Å². The van der Waals surface area contributed by atoms with Gasteiger partial charge in [-0.1, -0.05) is 6.07 Å². The van der Waals surface area contributed by atoms with E-state index in [2.05, 4.69) is 20.9 Å². The number of pyridine rings is 1. The number of hydrogen-bond acceptors (Lipinski definition) is 3. The Bertz CT molecular complexity index is 520. The fraction of sp³-hybridized carbons (Fsp3) is 0.400. The fourth-order valence-corrected chi connectivity index (χ4v) is 1.89. The zero-order valence-corrected chi connectivity index (χ0v) is 11.8. The summed E-state index contributed by atoms with van der Waals surface area (Å²) in [6.45, 7) is 5.60. The first-order valence-electron chi connectivity index (χ1n) is 6.58. The molecule has 0 amide bonds. The maximum atomic E-state index is 5.70. The summed E-state index contributed by atoms with van der Waals surface area (Å²) in [5.41, 5.74) is 2.35. The van der Waals surface area contributed by atoms with Gasteiger partial charge in [0.05, 0.1) is 6.10 Å². The number of hydrogen-bond donors (Lipinski definition) is 1. The Balaban J connectivity index is 1.94. The lowest BCUT2D eigenvalue weighted by Crippen LogP contribution is -2.17. The van der Waals surface area contributed by atoms with Gasteiger partial charge in [0.1, 0.15) is 0 Å². The van der Waals surface area contributed by atoms with Crippen LogP contribution < -0.4 is 10.1 Å². The fourth-order valence-electron chi connectivity index (χ4n) is 1.89. The first-order valence-corrected chi connectivity index (χ1v) is 6.58. The largest absolute Gasteiger partial charge is 0.475 e. The summed E-state index contributed by atoms with van der Waals surface area (Å²) in [5, 5.41) is 3.42. The molecule has 0 aliphatic carbocycles. The van der Waals surface area contributed by atoms with Gasteiger partial charge in [-0.25, -0.2) is 4.98 Å². The molecule has 4 nitrogen and oxygen atoms in total. The van der Waals surface area contributed by atoms with Crippen molar-refractivity contribution in [3.63, 3.8) is 0 Å². The van der Waals surface area contributed by atoms with Gasteiger partial charge in [0, 0.05) is 43.8 Å². The van der Waals surface area contributed by atoms with E-state index < -0.39 is 0 Å². The molecule has 2 heterocycles. The Labute approximate surface area is 114 Å². The number of nitrogens with one attached hydrogen (secondary N) is 1. The van der Waals surface area contributed by atoms with Crippen LogP contribution in [0, 0.1) is 0 Å². The minimum atomic E-state index is 0.140. The second kappa shape index (κ2) is 6.38. The maximum Gasteiger partial charge on any atom is 0.218 e. The van der Waals surface area contributed by atoms with Crippen LogP contribution >= 0.6 is 0 Å². The van der Waals surface area contributed by atoms with Gasteiger partial charge in [-0.2, -0.15) is 0 Å². The minimum absolute atomic E-state index is 0.140. The van der Waals surface area contributed by atoms with Gasteiger partial charge < -0.3 is 14.6 Å². The van der Waals surface area contributed by atoms with E-state index in [1.165, 1.54) is 5.69 Å². The average Bonchev–Trinajstić information content (AvgIpc) is 2.77. The van der Waals surface area contributed by atoms with Crippen LogP contribution in [0.15, 0.2) is 36.7 Å². The van der Waals surface area contributed by atoms with Crippen molar-refractivity contribution in [2.75, 3.05) is 0 Å². The van der Waals surface area contributed by atoms with Crippen molar-refractivity contribution in [3.05, 3.63) is 47.9 Å². The summed E-state index contributed by atoms with van der Waals surface area (Å²) in [6.07, 6.45) is 3.95. The van der Waals surface area contributed by atoms with Gasteiger partial charge >= 0.3 is 0 Å². The predicted molar refractivity (Wildman–Crippen MR) is 76.0 cm³/mol. The van der Waals surface area contributed by atoms with E-state index >= 15 is 0 Å². The third-order valence-corrected chi connectivity index (χ3v) is 2.87. The van der Waals surface area contributed by atoms with Crippen LogP contribution in [-0.2, 0) is 20.1 Å². The van der Waals surface area contributed by atoms with Crippen molar-refractivity contribution in [2.45, 2.75) is 33.0 Å². The lowest BCUT2D eigenvalue weighted by Gasteiger charge is -2.13. The number of nitrogens with zero attached hydrogens (tertiary/aromatic N) is 2. The molecule has 0 spiro atoms. The quantitative estimate of drug-likeness (QED) is 0.866. The average molecular weight is 259 g/mol. The molecule has 2 aromatic heterocycles. The second-order valence-corrected chi connectivity index (χ2v) is 4.85. The molecule has 102 valence electrons. The van der Waals surface area contributed by atoms with Crippen molar-refractivity contribution in [1.29, 1.82) is 0 Å². The monoisotopic (exact) mass is 259 g/mol. The summed E-state index contributed by atoms with van der Waals surface area (Å²) >= 11 is 0. The molecule has 4 heteroatoms. The molecule has 0 fully saturated rings. The molecular formula is C15H21N3O. The van der Waals surface area contributed by atoms with Crippen LogP contribution in [0.2, 0.25) is 0 Å². The molecule has 0 radical (unpaired) electrons. The van der Waals surface area contributed by atoms with Crippen LogP contribution in [0.1, 0.15) is 25.1 Å². The molecule has 0 unspecified atom stereocenters. The molecule has 19 heavy (non-hydrogen) atoms. The molecule has 0 aliphatic heterocycles. The van der Waals surface area contributed by atoms with E-state index in [1.807, 2.05) is 45.3 Å². The highest BCUT2D eigenvalue weighted by molar-refractivity contribution is 5.25. The number of rotatable bonds is 6. The molecule has 0 aromatic carbocycles. The topological polar surface area (TPSA) is 39.1 Å². The number of ether oxygens (including phenoxy) is 1. The van der Waals surface area contributed by atoms with Gasteiger partial charge in [0.25, 0.3) is 0 Å². The summed E-state index contributed by atoms with van der Waals surface area (Å²) in [4.78, 5) is 4.28. The van der Waals surface area contributed by atoms with E-state index in [-0.39, 0.29) is 6.10 Å². The molecule has 2 rings (SSSR count). The van der Waals surface area contributed by atoms with Gasteiger partial charge in [-0.05, 0) is 32.0 Å². The van der Waals surface area contributed by atoms with Gasteiger partial charge in [0.2, 0.25) is 5.88 Å².